The SMILES string of the molecule is COCCNCCCCc1cc(Cl)c2c(c1)OCCCO2. The second kappa shape index (κ2) is 9.13. The van der Waals surface area contributed by atoms with Gasteiger partial charge in [-0.15, -0.1) is 0 Å². The predicted molar refractivity (Wildman–Crippen MR) is 84.7 cm³/mol. The van der Waals surface area contributed by atoms with Gasteiger partial charge in [-0.1, -0.05) is 11.6 Å². The number of fused-ring (bicyclic) bond motifs is 1. The van der Waals surface area contributed by atoms with Crippen molar-refractivity contribution in [1.29, 1.82) is 0 Å². The van der Waals surface area contributed by atoms with Crippen LogP contribution in [0.25, 0.3) is 0 Å². The van der Waals surface area contributed by atoms with Gasteiger partial charge in [-0.3, -0.25) is 0 Å². The number of aryl methyl sites for hydroxylation is 1. The fourth-order valence-electron chi connectivity index (χ4n) is 2.31. The lowest BCUT2D eigenvalue weighted by Gasteiger charge is -2.11. The predicted octanol–water partition coefficient (Wildman–Crippen LogP) is 3.06. The molecule has 2 rings (SSSR count). The minimum Gasteiger partial charge on any atom is -0.489 e. The normalized spacial score (nSPS) is 14.0. The molecule has 1 heterocycles. The van der Waals surface area contributed by atoms with E-state index in [1.54, 1.807) is 7.11 Å². The Labute approximate surface area is 131 Å². The Morgan fingerprint density at radius 1 is 1.19 bits per heavy atom. The molecule has 0 atom stereocenters. The third-order valence-corrected chi connectivity index (χ3v) is 3.69. The molecule has 1 aromatic carbocycles. The molecule has 4 nitrogen and oxygen atoms in total. The Bertz CT molecular complexity index is 440. The van der Waals surface area contributed by atoms with Crippen LogP contribution in [0.5, 0.6) is 11.5 Å². The molecule has 5 heteroatoms. The Hall–Kier alpha value is -0.970. The van der Waals surface area contributed by atoms with Crippen LogP contribution in [-0.4, -0.2) is 40.0 Å². The number of unbranched alkanes of at least 4 members (excludes halogenated alkanes) is 1. The summed E-state index contributed by atoms with van der Waals surface area (Å²) in [5.74, 6) is 1.48. The van der Waals surface area contributed by atoms with Gasteiger partial charge in [0.1, 0.15) is 0 Å². The van der Waals surface area contributed by atoms with E-state index in [2.05, 4.69) is 11.4 Å². The standard InChI is InChI=1S/C16H24ClNO3/c1-19-10-7-18-6-3-2-5-13-11-14(17)16-15(12-13)20-8-4-9-21-16/h11-12,18H,2-10H2,1H3. The highest BCUT2D eigenvalue weighted by molar-refractivity contribution is 6.32. The summed E-state index contributed by atoms with van der Waals surface area (Å²) < 4.78 is 16.3. The minimum absolute atomic E-state index is 0.655. The molecular formula is C16H24ClNO3. The van der Waals surface area contributed by atoms with Crippen molar-refractivity contribution in [3.63, 3.8) is 0 Å². The molecule has 0 amide bonds. The molecule has 0 unspecified atom stereocenters. The molecule has 0 saturated heterocycles. The number of hydrogen-bond acceptors (Lipinski definition) is 4. The third-order valence-electron chi connectivity index (χ3n) is 3.41. The van der Waals surface area contributed by atoms with E-state index in [4.69, 9.17) is 25.8 Å². The zero-order valence-corrected chi connectivity index (χ0v) is 13.4. The first kappa shape index (κ1) is 16.4. The van der Waals surface area contributed by atoms with Crippen LogP contribution in [0.1, 0.15) is 24.8 Å². The van der Waals surface area contributed by atoms with Crippen LogP contribution in [0.2, 0.25) is 5.02 Å². The fourth-order valence-corrected chi connectivity index (χ4v) is 2.59. The third kappa shape index (κ3) is 5.38. The van der Waals surface area contributed by atoms with Gasteiger partial charge in [0, 0.05) is 20.1 Å². The van der Waals surface area contributed by atoms with Gasteiger partial charge in [-0.05, 0) is 43.5 Å². The van der Waals surface area contributed by atoms with E-state index in [1.165, 1.54) is 5.56 Å². The van der Waals surface area contributed by atoms with Gasteiger partial charge in [-0.2, -0.15) is 0 Å². The summed E-state index contributed by atoms with van der Waals surface area (Å²) in [4.78, 5) is 0. The van der Waals surface area contributed by atoms with E-state index in [0.717, 1.165) is 51.1 Å². The van der Waals surface area contributed by atoms with Crippen molar-refractivity contribution < 1.29 is 14.2 Å². The van der Waals surface area contributed by atoms with E-state index in [9.17, 15) is 0 Å². The molecule has 0 aromatic heterocycles. The Balaban J connectivity index is 1.78. The maximum Gasteiger partial charge on any atom is 0.179 e. The molecule has 1 aliphatic rings. The van der Waals surface area contributed by atoms with E-state index in [1.807, 2.05) is 6.07 Å². The van der Waals surface area contributed by atoms with Gasteiger partial charge in [0.2, 0.25) is 0 Å². The summed E-state index contributed by atoms with van der Waals surface area (Å²) in [6.45, 7) is 4.04. The van der Waals surface area contributed by atoms with Gasteiger partial charge < -0.3 is 19.5 Å². The average Bonchev–Trinajstić information content (AvgIpc) is 2.72. The first-order valence-corrected chi connectivity index (χ1v) is 7.96. The maximum absolute atomic E-state index is 6.29. The van der Waals surface area contributed by atoms with Crippen molar-refractivity contribution in [1.82, 2.24) is 5.32 Å². The van der Waals surface area contributed by atoms with Crippen LogP contribution >= 0.6 is 11.6 Å². The number of methoxy groups -OCH3 is 1. The molecule has 0 fully saturated rings. The van der Waals surface area contributed by atoms with E-state index in [-0.39, 0.29) is 0 Å². The van der Waals surface area contributed by atoms with Crippen LogP contribution in [-0.2, 0) is 11.2 Å². The van der Waals surface area contributed by atoms with E-state index in [0.29, 0.717) is 24.0 Å². The lowest BCUT2D eigenvalue weighted by molar-refractivity contribution is 0.199. The van der Waals surface area contributed by atoms with E-state index < -0.39 is 0 Å². The Morgan fingerprint density at radius 2 is 2.05 bits per heavy atom. The quantitative estimate of drug-likeness (QED) is 0.749. The average molecular weight is 314 g/mol. The van der Waals surface area contributed by atoms with Crippen molar-refractivity contribution in [2.24, 2.45) is 0 Å². The maximum atomic E-state index is 6.29. The number of nitrogens with one attached hydrogen (secondary N) is 1. The Morgan fingerprint density at radius 3 is 2.90 bits per heavy atom. The smallest absolute Gasteiger partial charge is 0.179 e. The number of halogens is 1. The van der Waals surface area contributed by atoms with Gasteiger partial charge in [-0.25, -0.2) is 0 Å². The number of rotatable bonds is 8. The summed E-state index contributed by atoms with van der Waals surface area (Å²) in [6.07, 6.45) is 4.15. The zero-order valence-electron chi connectivity index (χ0n) is 12.6. The fraction of sp³-hybridized carbons (Fsp3) is 0.625. The molecule has 0 radical (unpaired) electrons. The van der Waals surface area contributed by atoms with Crippen LogP contribution in [0.4, 0.5) is 0 Å². The topological polar surface area (TPSA) is 39.7 Å². The lowest BCUT2D eigenvalue weighted by atomic mass is 10.1. The number of ether oxygens (including phenoxy) is 3. The highest BCUT2D eigenvalue weighted by atomic mass is 35.5. The number of hydrogen-bond donors (Lipinski definition) is 1. The van der Waals surface area contributed by atoms with Crippen LogP contribution in [0, 0.1) is 0 Å². The first-order valence-electron chi connectivity index (χ1n) is 7.59. The molecule has 1 aliphatic heterocycles. The van der Waals surface area contributed by atoms with E-state index >= 15 is 0 Å². The van der Waals surface area contributed by atoms with Gasteiger partial charge in [0.25, 0.3) is 0 Å². The van der Waals surface area contributed by atoms with Crippen molar-refractivity contribution in [2.75, 3.05) is 40.0 Å². The van der Waals surface area contributed by atoms with Crippen molar-refractivity contribution in [3.8, 4) is 11.5 Å². The van der Waals surface area contributed by atoms with Crippen LogP contribution in [0.3, 0.4) is 0 Å². The summed E-state index contributed by atoms with van der Waals surface area (Å²) in [7, 11) is 1.72. The molecule has 1 N–H and O–H groups in total. The summed E-state index contributed by atoms with van der Waals surface area (Å²) in [5.41, 5.74) is 1.21. The molecule has 0 aliphatic carbocycles. The largest absolute Gasteiger partial charge is 0.489 e. The lowest BCUT2D eigenvalue weighted by Crippen LogP contribution is -2.20. The van der Waals surface area contributed by atoms with Crippen molar-refractivity contribution in [3.05, 3.63) is 22.7 Å². The first-order chi connectivity index (χ1) is 10.3. The molecule has 21 heavy (non-hydrogen) atoms. The summed E-state index contributed by atoms with van der Waals surface area (Å²) in [6, 6.07) is 4.05. The molecular weight excluding hydrogens is 290 g/mol. The molecule has 0 bridgehead atoms. The van der Waals surface area contributed by atoms with Crippen LogP contribution in [0.15, 0.2) is 12.1 Å². The van der Waals surface area contributed by atoms with Gasteiger partial charge in [0.15, 0.2) is 11.5 Å². The highest BCUT2D eigenvalue weighted by Gasteiger charge is 2.15. The molecule has 1 aromatic rings. The van der Waals surface area contributed by atoms with Gasteiger partial charge >= 0.3 is 0 Å². The monoisotopic (exact) mass is 313 g/mol. The molecule has 118 valence electrons. The van der Waals surface area contributed by atoms with Gasteiger partial charge in [0.05, 0.1) is 24.8 Å². The summed E-state index contributed by atoms with van der Waals surface area (Å²) in [5, 5.41) is 4.00. The van der Waals surface area contributed by atoms with Crippen LogP contribution < -0.4 is 14.8 Å². The highest BCUT2D eigenvalue weighted by Crippen LogP contribution is 2.38. The molecule has 0 saturated carbocycles. The number of benzene rings is 1. The van der Waals surface area contributed by atoms with Crippen molar-refractivity contribution in [2.45, 2.75) is 25.7 Å². The zero-order chi connectivity index (χ0) is 14.9. The second-order valence-electron chi connectivity index (χ2n) is 5.16. The Kier molecular flexibility index (Phi) is 7.13. The second-order valence-corrected chi connectivity index (χ2v) is 5.56. The van der Waals surface area contributed by atoms with Crippen molar-refractivity contribution >= 4 is 11.6 Å². The molecule has 0 spiro atoms. The summed E-state index contributed by atoms with van der Waals surface area (Å²) >= 11 is 6.29. The minimum atomic E-state index is 0.655.